The normalized spacial score (nSPS) is 9.43. The number of halogens is 2. The molecule has 0 saturated heterocycles. The smallest absolute Gasteiger partial charge is 0.0350 e. The number of hydrogen-bond acceptors (Lipinski definition) is 3. The highest BCUT2D eigenvalue weighted by atomic mass is 35.5. The van der Waals surface area contributed by atoms with Crippen LogP contribution >= 0.6 is 24.0 Å². The minimum Gasteiger partial charge on any atom is -0.318 e. The van der Waals surface area contributed by atoms with Crippen molar-refractivity contribution in [3.8, 4) is 0 Å². The lowest BCUT2D eigenvalue weighted by molar-refractivity contribution is 0.407. The second kappa shape index (κ2) is 15.9. The summed E-state index contributed by atoms with van der Waals surface area (Å²) in [6.07, 6.45) is 0. The maximum atomic E-state index is 5.35. The van der Waals surface area contributed by atoms with Crippen molar-refractivity contribution in [2.24, 2.45) is 0 Å². The van der Waals surface area contributed by atoms with Gasteiger partial charge in [-0.05, 0) is 35.2 Å². The topological polar surface area (TPSA) is 18.5 Å². The Morgan fingerprint density at radius 1 is 1.00 bits per heavy atom. The van der Waals surface area contributed by atoms with Gasteiger partial charge in [0.2, 0.25) is 0 Å². The van der Waals surface area contributed by atoms with Crippen LogP contribution in [0.25, 0.3) is 0 Å². The first-order chi connectivity index (χ1) is 6.04. The lowest BCUT2D eigenvalue weighted by Crippen LogP contribution is -2.23. The Bertz CT molecular complexity index is 90.1. The van der Waals surface area contributed by atoms with Crippen LogP contribution in [-0.2, 0) is 0 Å². The van der Waals surface area contributed by atoms with Gasteiger partial charge in [0.25, 0.3) is 0 Å². The second-order valence-corrected chi connectivity index (χ2v) is 3.78. The number of likely N-dealkylation sites (N-methyl/N-ethyl adjacent to an activating group) is 2. The molecule has 0 spiro atoms. The summed E-state index contributed by atoms with van der Waals surface area (Å²) in [6.45, 7) is 3.17. The minimum atomic E-state index is 0. The first-order valence-electron chi connectivity index (χ1n) is 4.54. The molecule has 0 aromatic rings. The number of alkyl halides is 1. The van der Waals surface area contributed by atoms with Crippen LogP contribution in [0.3, 0.4) is 0 Å². The molecule has 5 heteroatoms. The highest BCUT2D eigenvalue weighted by molar-refractivity contribution is 6.18. The molecule has 90 valence electrons. The molecule has 0 rings (SSSR count). The summed E-state index contributed by atoms with van der Waals surface area (Å²) < 4.78 is 0. The minimum absolute atomic E-state index is 0. The molecule has 1 N–H and O–H groups in total. The predicted octanol–water partition coefficient (Wildman–Crippen LogP) is 0.976. The second-order valence-electron chi connectivity index (χ2n) is 3.40. The molecule has 0 radical (unpaired) electrons. The average molecular weight is 246 g/mol. The highest BCUT2D eigenvalue weighted by Crippen LogP contribution is 1.75. The van der Waals surface area contributed by atoms with Crippen molar-refractivity contribution in [3.05, 3.63) is 0 Å². The Balaban J connectivity index is -0.000000163. The molecule has 0 amide bonds. The fourth-order valence-corrected chi connectivity index (χ4v) is 0.843. The highest BCUT2D eigenvalue weighted by Gasteiger charge is 1.82. The zero-order valence-electron chi connectivity index (χ0n) is 10.0. The van der Waals surface area contributed by atoms with Gasteiger partial charge in [0.15, 0.2) is 0 Å². The molecule has 0 atom stereocenters. The van der Waals surface area contributed by atoms with E-state index in [0.717, 1.165) is 25.5 Å². The molecule has 0 bridgehead atoms. The molecule has 0 heterocycles. The summed E-state index contributed by atoms with van der Waals surface area (Å²) in [6, 6.07) is 0. The van der Waals surface area contributed by atoms with Crippen molar-refractivity contribution in [2.45, 2.75) is 0 Å². The van der Waals surface area contributed by atoms with E-state index >= 15 is 0 Å². The van der Waals surface area contributed by atoms with Gasteiger partial charge < -0.3 is 15.1 Å². The van der Waals surface area contributed by atoms with Crippen LogP contribution in [0.15, 0.2) is 0 Å². The van der Waals surface area contributed by atoms with E-state index < -0.39 is 0 Å². The van der Waals surface area contributed by atoms with Crippen LogP contribution in [-0.4, -0.2) is 70.6 Å². The lowest BCUT2D eigenvalue weighted by atomic mass is 10.6. The van der Waals surface area contributed by atoms with Gasteiger partial charge in [0.05, 0.1) is 0 Å². The van der Waals surface area contributed by atoms with Crippen molar-refractivity contribution in [1.82, 2.24) is 15.1 Å². The summed E-state index contributed by atoms with van der Waals surface area (Å²) in [4.78, 5) is 4.20. The van der Waals surface area contributed by atoms with E-state index in [2.05, 4.69) is 24.3 Å². The zero-order chi connectivity index (χ0) is 10.7. The molecular weight excluding hydrogens is 221 g/mol. The van der Waals surface area contributed by atoms with Crippen LogP contribution in [0.2, 0.25) is 0 Å². The van der Waals surface area contributed by atoms with Gasteiger partial charge in [-0.25, -0.2) is 0 Å². The molecule has 0 aliphatic rings. The number of rotatable bonds is 5. The van der Waals surface area contributed by atoms with Gasteiger partial charge in [-0.3, -0.25) is 0 Å². The first kappa shape index (κ1) is 19.9. The Morgan fingerprint density at radius 3 is 1.50 bits per heavy atom. The van der Waals surface area contributed by atoms with Crippen LogP contribution in [0, 0.1) is 0 Å². The lowest BCUT2D eigenvalue weighted by Gasteiger charge is -2.06. The monoisotopic (exact) mass is 245 g/mol. The fourth-order valence-electron chi connectivity index (χ4n) is 0.504. The van der Waals surface area contributed by atoms with Crippen molar-refractivity contribution in [1.29, 1.82) is 0 Å². The third kappa shape index (κ3) is 29.4. The maximum absolute atomic E-state index is 5.35. The van der Waals surface area contributed by atoms with Crippen LogP contribution in [0.1, 0.15) is 0 Å². The average Bonchev–Trinajstić information content (AvgIpc) is 2.01. The summed E-state index contributed by atoms with van der Waals surface area (Å²) >= 11 is 5.35. The fraction of sp³-hybridized carbons (Fsp3) is 1.00. The summed E-state index contributed by atoms with van der Waals surface area (Å²) in [5, 5.41) is 3.06. The summed E-state index contributed by atoms with van der Waals surface area (Å²) in [7, 11) is 10.1. The Kier molecular flexibility index (Phi) is 22.7. The predicted molar refractivity (Wildman–Crippen MR) is 69.0 cm³/mol. The van der Waals surface area contributed by atoms with Crippen molar-refractivity contribution in [3.63, 3.8) is 0 Å². The summed E-state index contributed by atoms with van der Waals surface area (Å²) in [5.74, 6) is 0.729. The molecule has 3 nitrogen and oxygen atoms in total. The molecule has 0 aliphatic heterocycles. The van der Waals surface area contributed by atoms with Crippen LogP contribution in [0.5, 0.6) is 0 Å². The SMILES string of the molecule is CN(C)CCCl.CNCCN(C)C.Cl. The van der Waals surface area contributed by atoms with E-state index in [-0.39, 0.29) is 12.4 Å². The van der Waals surface area contributed by atoms with E-state index in [9.17, 15) is 0 Å². The van der Waals surface area contributed by atoms with Crippen LogP contribution < -0.4 is 5.32 Å². The quantitative estimate of drug-likeness (QED) is 0.729. The van der Waals surface area contributed by atoms with Gasteiger partial charge in [-0.2, -0.15) is 0 Å². The van der Waals surface area contributed by atoms with E-state index in [1.807, 2.05) is 26.0 Å². The first-order valence-corrected chi connectivity index (χ1v) is 5.08. The molecule has 0 aliphatic carbocycles. The number of nitrogens with one attached hydrogen (secondary N) is 1. The Hall–Kier alpha value is 0.460. The van der Waals surface area contributed by atoms with E-state index in [4.69, 9.17) is 11.6 Å². The van der Waals surface area contributed by atoms with Crippen LogP contribution in [0.4, 0.5) is 0 Å². The molecular formula is C9H25Cl2N3. The molecule has 0 aromatic carbocycles. The molecule has 0 saturated carbocycles. The molecule has 0 fully saturated rings. The van der Waals surface area contributed by atoms with Gasteiger partial charge in [-0.1, -0.05) is 0 Å². The maximum Gasteiger partial charge on any atom is 0.0350 e. The summed E-state index contributed by atoms with van der Waals surface area (Å²) in [5.41, 5.74) is 0. The molecule has 0 aromatic heterocycles. The van der Waals surface area contributed by atoms with Crippen molar-refractivity contribution >= 4 is 24.0 Å². The molecule has 14 heavy (non-hydrogen) atoms. The van der Waals surface area contributed by atoms with Gasteiger partial charge in [-0.15, -0.1) is 24.0 Å². The van der Waals surface area contributed by atoms with E-state index in [1.165, 1.54) is 0 Å². The Morgan fingerprint density at radius 2 is 1.43 bits per heavy atom. The third-order valence-corrected chi connectivity index (χ3v) is 1.51. The number of hydrogen-bond donors (Lipinski definition) is 1. The van der Waals surface area contributed by atoms with Crippen molar-refractivity contribution in [2.75, 3.05) is 60.8 Å². The Labute approximate surface area is 100 Å². The van der Waals surface area contributed by atoms with Gasteiger partial charge in [0, 0.05) is 25.5 Å². The van der Waals surface area contributed by atoms with E-state index in [1.54, 1.807) is 0 Å². The molecule has 0 unspecified atom stereocenters. The van der Waals surface area contributed by atoms with E-state index in [0.29, 0.717) is 0 Å². The van der Waals surface area contributed by atoms with Gasteiger partial charge in [0.1, 0.15) is 0 Å². The largest absolute Gasteiger partial charge is 0.318 e. The van der Waals surface area contributed by atoms with Crippen molar-refractivity contribution < 1.29 is 0 Å². The zero-order valence-corrected chi connectivity index (χ0v) is 11.6. The third-order valence-electron chi connectivity index (χ3n) is 1.34. The standard InChI is InChI=1S/C5H14N2.C4H10ClN.ClH/c1-6-4-5-7(2)3;1-6(2)4-3-5;/h6H,4-5H2,1-3H3;3-4H2,1-2H3;1H. The number of nitrogens with zero attached hydrogens (tertiary/aromatic N) is 2. The van der Waals surface area contributed by atoms with Gasteiger partial charge >= 0.3 is 0 Å².